The quantitative estimate of drug-likeness (QED) is 0.836. The molecule has 1 spiro atoms. The lowest BCUT2D eigenvalue weighted by molar-refractivity contribution is -0.146. The number of pyridine rings is 1. The third-order valence-corrected chi connectivity index (χ3v) is 5.30. The van der Waals surface area contributed by atoms with E-state index >= 15 is 0 Å². The van der Waals surface area contributed by atoms with Crippen LogP contribution in [-0.4, -0.2) is 60.8 Å². The van der Waals surface area contributed by atoms with Gasteiger partial charge in [0.15, 0.2) is 0 Å². The molecule has 4 heterocycles. The molecule has 2 saturated heterocycles. The number of hydrogen-bond acceptors (Lipinski definition) is 6. The highest BCUT2D eigenvalue weighted by Crippen LogP contribution is 2.28. The molecular weight excluding hydrogens is 338 g/mol. The summed E-state index contributed by atoms with van der Waals surface area (Å²) in [5, 5.41) is 3.99. The first-order valence-corrected chi connectivity index (χ1v) is 9.34. The molecule has 2 aromatic rings. The molecule has 0 aromatic carbocycles. The van der Waals surface area contributed by atoms with E-state index in [9.17, 15) is 4.79 Å². The second-order valence-corrected chi connectivity index (χ2v) is 7.34. The number of amides is 1. The highest BCUT2D eigenvalue weighted by atomic mass is 32.1. The van der Waals surface area contributed by atoms with Crippen LogP contribution in [0.1, 0.15) is 5.56 Å². The molecular formula is C18H21N3O3S. The lowest BCUT2D eigenvalue weighted by Crippen LogP contribution is -2.60. The molecule has 2 aliphatic rings. The van der Waals surface area contributed by atoms with Crippen molar-refractivity contribution in [3.8, 4) is 0 Å². The highest BCUT2D eigenvalue weighted by molar-refractivity contribution is 7.08. The topological polar surface area (TPSA) is 54.9 Å². The Bertz CT molecular complexity index is 710. The summed E-state index contributed by atoms with van der Waals surface area (Å²) in [5.74, 6) is 0.00656. The third-order valence-electron chi connectivity index (χ3n) is 4.62. The summed E-state index contributed by atoms with van der Waals surface area (Å²) >= 11 is 1.59. The van der Waals surface area contributed by atoms with Crippen LogP contribution in [0, 0.1) is 0 Å². The number of rotatable bonds is 3. The van der Waals surface area contributed by atoms with E-state index in [4.69, 9.17) is 9.47 Å². The zero-order valence-electron chi connectivity index (χ0n) is 14.0. The van der Waals surface area contributed by atoms with Crippen LogP contribution in [-0.2, 0) is 20.8 Å². The maximum absolute atomic E-state index is 12.3. The zero-order chi connectivity index (χ0) is 17.1. The molecule has 0 saturated carbocycles. The van der Waals surface area contributed by atoms with Crippen LogP contribution in [0.2, 0.25) is 0 Å². The Morgan fingerprint density at radius 3 is 3.08 bits per heavy atom. The summed E-state index contributed by atoms with van der Waals surface area (Å²) in [6.45, 7) is 4.16. The Labute approximate surface area is 151 Å². The number of hydrogen-bond donors (Lipinski definition) is 0. The SMILES string of the molecule is O=C1CO[C@@]2(COCCN(Cc3cccnc3)C2)CN1c1ccsc1. The van der Waals surface area contributed by atoms with E-state index in [0.717, 1.165) is 25.3 Å². The molecule has 0 N–H and O–H groups in total. The van der Waals surface area contributed by atoms with Crippen molar-refractivity contribution in [2.24, 2.45) is 0 Å². The summed E-state index contributed by atoms with van der Waals surface area (Å²) in [5.41, 5.74) is 1.62. The average Bonchev–Trinajstić information content (AvgIpc) is 3.09. The van der Waals surface area contributed by atoms with Gasteiger partial charge in [0.2, 0.25) is 0 Å². The van der Waals surface area contributed by atoms with Gasteiger partial charge in [-0.05, 0) is 23.1 Å². The first-order valence-electron chi connectivity index (χ1n) is 8.40. The van der Waals surface area contributed by atoms with Gasteiger partial charge in [-0.15, -0.1) is 0 Å². The fourth-order valence-corrected chi connectivity index (χ4v) is 4.05. The monoisotopic (exact) mass is 359 g/mol. The fraction of sp³-hybridized carbons (Fsp3) is 0.444. The van der Waals surface area contributed by atoms with Crippen LogP contribution >= 0.6 is 11.3 Å². The van der Waals surface area contributed by atoms with E-state index in [1.165, 1.54) is 5.56 Å². The number of carbonyl (C=O) groups is 1. The fourth-order valence-electron chi connectivity index (χ4n) is 3.41. The van der Waals surface area contributed by atoms with Crippen LogP contribution < -0.4 is 4.90 Å². The Hall–Kier alpha value is -1.80. The molecule has 2 aromatic heterocycles. The maximum atomic E-state index is 12.3. The number of nitrogens with zero attached hydrogens (tertiary/aromatic N) is 3. The molecule has 4 rings (SSSR count). The van der Waals surface area contributed by atoms with Gasteiger partial charge in [-0.2, -0.15) is 11.3 Å². The Morgan fingerprint density at radius 1 is 1.32 bits per heavy atom. The van der Waals surface area contributed by atoms with Crippen molar-refractivity contribution in [1.29, 1.82) is 0 Å². The molecule has 7 heteroatoms. The first-order chi connectivity index (χ1) is 12.2. The number of thiophene rings is 1. The van der Waals surface area contributed by atoms with Crippen LogP contribution in [0.15, 0.2) is 41.4 Å². The normalized spacial score (nSPS) is 25.3. The smallest absolute Gasteiger partial charge is 0.253 e. The van der Waals surface area contributed by atoms with E-state index in [2.05, 4.69) is 16.0 Å². The molecule has 1 amide bonds. The van der Waals surface area contributed by atoms with Crippen molar-refractivity contribution in [3.63, 3.8) is 0 Å². The van der Waals surface area contributed by atoms with Crippen LogP contribution in [0.4, 0.5) is 5.69 Å². The second-order valence-electron chi connectivity index (χ2n) is 6.56. The average molecular weight is 359 g/mol. The highest BCUT2D eigenvalue weighted by Gasteiger charge is 2.43. The van der Waals surface area contributed by atoms with E-state index in [0.29, 0.717) is 19.8 Å². The predicted molar refractivity (Wildman–Crippen MR) is 95.7 cm³/mol. The standard InChI is InChI=1S/C18H21N3O3S/c22-17-10-24-18(13-21(17)16-3-7-25-11-16)12-20(5-6-23-14-18)9-15-2-1-4-19-8-15/h1-4,7-8,11H,5-6,9-10,12-14H2/t18-/m1/s1. The number of aromatic nitrogens is 1. The van der Waals surface area contributed by atoms with E-state index in [1.807, 2.05) is 34.0 Å². The van der Waals surface area contributed by atoms with Gasteiger partial charge in [0.1, 0.15) is 12.2 Å². The minimum atomic E-state index is -0.492. The molecule has 2 fully saturated rings. The first kappa shape index (κ1) is 16.7. The van der Waals surface area contributed by atoms with Gasteiger partial charge >= 0.3 is 0 Å². The Kier molecular flexibility index (Phi) is 4.80. The van der Waals surface area contributed by atoms with E-state index in [1.54, 1.807) is 17.5 Å². The molecule has 6 nitrogen and oxygen atoms in total. The van der Waals surface area contributed by atoms with Gasteiger partial charge in [-0.25, -0.2) is 0 Å². The summed E-state index contributed by atoms with van der Waals surface area (Å²) in [4.78, 5) is 20.7. The summed E-state index contributed by atoms with van der Waals surface area (Å²) in [7, 11) is 0. The summed E-state index contributed by atoms with van der Waals surface area (Å²) in [6.07, 6.45) is 3.67. The zero-order valence-corrected chi connectivity index (χ0v) is 14.8. The van der Waals surface area contributed by atoms with Gasteiger partial charge in [0, 0.05) is 37.4 Å². The minimum Gasteiger partial charge on any atom is -0.377 e. The lowest BCUT2D eigenvalue weighted by atomic mass is 10.0. The number of anilines is 1. The van der Waals surface area contributed by atoms with Crippen molar-refractivity contribution < 1.29 is 14.3 Å². The molecule has 0 radical (unpaired) electrons. The van der Waals surface area contributed by atoms with Crippen LogP contribution in [0.3, 0.4) is 0 Å². The van der Waals surface area contributed by atoms with Crippen molar-refractivity contribution in [3.05, 3.63) is 46.9 Å². The van der Waals surface area contributed by atoms with Gasteiger partial charge < -0.3 is 14.4 Å². The van der Waals surface area contributed by atoms with Crippen molar-refractivity contribution in [2.75, 3.05) is 44.4 Å². The molecule has 25 heavy (non-hydrogen) atoms. The molecule has 1 atom stereocenters. The van der Waals surface area contributed by atoms with Crippen molar-refractivity contribution in [2.45, 2.75) is 12.1 Å². The Balaban J connectivity index is 1.52. The van der Waals surface area contributed by atoms with Crippen LogP contribution in [0.25, 0.3) is 0 Å². The molecule has 0 unspecified atom stereocenters. The largest absolute Gasteiger partial charge is 0.377 e. The predicted octanol–water partition coefficient (Wildman–Crippen LogP) is 1.78. The minimum absolute atomic E-state index is 0.00656. The maximum Gasteiger partial charge on any atom is 0.253 e. The number of morpholine rings is 1. The second kappa shape index (κ2) is 7.21. The van der Waals surface area contributed by atoms with Crippen molar-refractivity contribution >= 4 is 22.9 Å². The van der Waals surface area contributed by atoms with Gasteiger partial charge in [-0.1, -0.05) is 6.07 Å². The van der Waals surface area contributed by atoms with Gasteiger partial charge in [0.25, 0.3) is 5.91 Å². The Morgan fingerprint density at radius 2 is 2.28 bits per heavy atom. The summed E-state index contributed by atoms with van der Waals surface area (Å²) in [6, 6.07) is 6.01. The third kappa shape index (κ3) is 3.74. The molecule has 2 aliphatic heterocycles. The van der Waals surface area contributed by atoms with E-state index < -0.39 is 5.60 Å². The van der Waals surface area contributed by atoms with E-state index in [-0.39, 0.29) is 12.5 Å². The summed E-state index contributed by atoms with van der Waals surface area (Å²) < 4.78 is 11.9. The molecule has 132 valence electrons. The van der Waals surface area contributed by atoms with Crippen LogP contribution in [0.5, 0.6) is 0 Å². The molecule has 0 bridgehead atoms. The number of carbonyl (C=O) groups excluding carboxylic acids is 1. The van der Waals surface area contributed by atoms with Gasteiger partial charge in [0.05, 0.1) is 25.4 Å². The lowest BCUT2D eigenvalue weighted by Gasteiger charge is -2.42. The van der Waals surface area contributed by atoms with Gasteiger partial charge in [-0.3, -0.25) is 14.7 Å². The van der Waals surface area contributed by atoms with Crippen molar-refractivity contribution in [1.82, 2.24) is 9.88 Å². The number of ether oxygens (including phenoxy) is 2. The molecule has 0 aliphatic carbocycles.